The first-order valence-electron chi connectivity index (χ1n) is 8.13. The van der Waals surface area contributed by atoms with Crippen molar-refractivity contribution in [3.8, 4) is 5.88 Å². The van der Waals surface area contributed by atoms with Crippen molar-refractivity contribution in [1.29, 1.82) is 0 Å². The Morgan fingerprint density at radius 3 is 2.69 bits per heavy atom. The highest BCUT2D eigenvalue weighted by molar-refractivity contribution is 5.95. The molecule has 3 aromatic rings. The molecule has 0 unspecified atom stereocenters. The predicted octanol–water partition coefficient (Wildman–Crippen LogP) is 3.61. The van der Waals surface area contributed by atoms with E-state index >= 15 is 0 Å². The Bertz CT molecular complexity index is 977. The molecule has 0 saturated carbocycles. The number of amides is 2. The van der Waals surface area contributed by atoms with Crippen molar-refractivity contribution in [1.82, 2.24) is 10.3 Å². The van der Waals surface area contributed by atoms with Crippen LogP contribution in [0.4, 0.5) is 5.69 Å². The first-order chi connectivity index (χ1) is 12.5. The number of hydrogen-bond acceptors (Lipinski definition) is 4. The molecule has 0 aliphatic heterocycles. The fourth-order valence-electron chi connectivity index (χ4n) is 2.51. The molecule has 0 aliphatic carbocycles. The number of benzene rings is 2. The predicted molar refractivity (Wildman–Crippen MR) is 97.6 cm³/mol. The number of hydrogen-bond donors (Lipinski definition) is 3. The van der Waals surface area contributed by atoms with Gasteiger partial charge >= 0.3 is 0 Å². The van der Waals surface area contributed by atoms with Crippen molar-refractivity contribution in [2.24, 2.45) is 10.2 Å². The van der Waals surface area contributed by atoms with Crippen LogP contribution < -0.4 is 5.32 Å². The standard InChI is InChI=1S/C19H18N4O3/c1-12-7-8-15-14(11-12)17(19(26)21-15)23-22-16(24)9-10-20-18(25)13-5-3-2-4-6-13/h2-8,11,21,26H,9-10H2,1H3,(H,20,25). The summed E-state index contributed by atoms with van der Waals surface area (Å²) in [5.41, 5.74) is 2.47. The van der Waals surface area contributed by atoms with Crippen molar-refractivity contribution in [3.63, 3.8) is 0 Å². The van der Waals surface area contributed by atoms with Crippen LogP contribution in [-0.2, 0) is 4.79 Å². The Morgan fingerprint density at radius 1 is 1.15 bits per heavy atom. The molecule has 3 rings (SSSR count). The van der Waals surface area contributed by atoms with Crippen LogP contribution in [0.3, 0.4) is 0 Å². The molecule has 3 N–H and O–H groups in total. The van der Waals surface area contributed by atoms with E-state index < -0.39 is 5.91 Å². The number of carbonyl (C=O) groups excluding carboxylic acids is 2. The number of fused-ring (bicyclic) bond motifs is 1. The van der Waals surface area contributed by atoms with E-state index in [-0.39, 0.29) is 30.4 Å². The molecule has 7 nitrogen and oxygen atoms in total. The van der Waals surface area contributed by atoms with Gasteiger partial charge in [0.2, 0.25) is 5.88 Å². The van der Waals surface area contributed by atoms with E-state index in [2.05, 4.69) is 20.5 Å². The van der Waals surface area contributed by atoms with Crippen molar-refractivity contribution in [3.05, 3.63) is 59.7 Å². The maximum atomic E-state index is 11.9. The average Bonchev–Trinajstić information content (AvgIpc) is 2.95. The summed E-state index contributed by atoms with van der Waals surface area (Å²) >= 11 is 0. The minimum absolute atomic E-state index is 0.0181. The lowest BCUT2D eigenvalue weighted by Crippen LogP contribution is -2.25. The lowest BCUT2D eigenvalue weighted by molar-refractivity contribution is -0.118. The zero-order valence-corrected chi connectivity index (χ0v) is 14.2. The van der Waals surface area contributed by atoms with Gasteiger partial charge in [0.25, 0.3) is 11.8 Å². The Balaban J connectivity index is 1.59. The highest BCUT2D eigenvalue weighted by Crippen LogP contribution is 2.35. The molecular weight excluding hydrogens is 332 g/mol. The third kappa shape index (κ3) is 3.94. The van der Waals surface area contributed by atoms with Crippen LogP contribution >= 0.6 is 0 Å². The van der Waals surface area contributed by atoms with E-state index in [4.69, 9.17) is 0 Å². The first-order valence-corrected chi connectivity index (χ1v) is 8.13. The molecule has 0 bridgehead atoms. The Kier molecular flexibility index (Phi) is 5.07. The molecule has 0 spiro atoms. The largest absolute Gasteiger partial charge is 0.493 e. The highest BCUT2D eigenvalue weighted by atomic mass is 16.3. The normalized spacial score (nSPS) is 11.1. The van der Waals surface area contributed by atoms with Gasteiger partial charge in [-0.1, -0.05) is 29.8 Å². The molecule has 2 aromatic carbocycles. The van der Waals surface area contributed by atoms with Gasteiger partial charge in [-0.25, -0.2) is 0 Å². The minimum atomic E-state index is -0.486. The van der Waals surface area contributed by atoms with Gasteiger partial charge in [0.15, 0.2) is 5.69 Å². The minimum Gasteiger partial charge on any atom is -0.493 e. The van der Waals surface area contributed by atoms with Crippen LogP contribution in [0.5, 0.6) is 5.88 Å². The quantitative estimate of drug-likeness (QED) is 0.612. The third-order valence-corrected chi connectivity index (χ3v) is 3.83. The van der Waals surface area contributed by atoms with Gasteiger partial charge in [0.05, 0.1) is 5.52 Å². The lowest BCUT2D eigenvalue weighted by atomic mass is 10.2. The summed E-state index contributed by atoms with van der Waals surface area (Å²) in [6.45, 7) is 2.08. The molecule has 1 aromatic heterocycles. The fraction of sp³-hybridized carbons (Fsp3) is 0.158. The second-order valence-electron chi connectivity index (χ2n) is 5.84. The van der Waals surface area contributed by atoms with Gasteiger partial charge in [-0.05, 0) is 31.2 Å². The van der Waals surface area contributed by atoms with Crippen LogP contribution in [0.2, 0.25) is 0 Å². The smallest absolute Gasteiger partial charge is 0.266 e. The number of azo groups is 1. The number of aromatic amines is 1. The van der Waals surface area contributed by atoms with E-state index in [1.54, 1.807) is 24.3 Å². The highest BCUT2D eigenvalue weighted by Gasteiger charge is 2.11. The zero-order valence-electron chi connectivity index (χ0n) is 14.2. The molecule has 0 aliphatic rings. The van der Waals surface area contributed by atoms with Crippen LogP contribution in [0.15, 0.2) is 58.8 Å². The summed E-state index contributed by atoms with van der Waals surface area (Å²) in [5, 5.41) is 20.8. The summed E-state index contributed by atoms with van der Waals surface area (Å²) in [7, 11) is 0. The van der Waals surface area contributed by atoms with Crippen molar-refractivity contribution >= 4 is 28.4 Å². The summed E-state index contributed by atoms with van der Waals surface area (Å²) in [5.74, 6) is -0.876. The Hall–Kier alpha value is -3.48. The number of aromatic nitrogens is 1. The van der Waals surface area contributed by atoms with Crippen molar-refractivity contribution in [2.45, 2.75) is 13.3 Å². The molecule has 0 saturated heterocycles. The topological polar surface area (TPSA) is 107 Å². The molecule has 0 radical (unpaired) electrons. The molecule has 0 fully saturated rings. The number of rotatable bonds is 5. The Labute approximate surface area is 149 Å². The molecule has 2 amide bonds. The number of nitrogens with zero attached hydrogens (tertiary/aromatic N) is 2. The molecule has 1 heterocycles. The molecule has 0 atom stereocenters. The summed E-state index contributed by atoms with van der Waals surface area (Å²) in [4.78, 5) is 26.5. The maximum Gasteiger partial charge on any atom is 0.266 e. The van der Waals surface area contributed by atoms with Crippen molar-refractivity contribution < 1.29 is 14.7 Å². The van der Waals surface area contributed by atoms with E-state index in [1.807, 2.05) is 31.2 Å². The third-order valence-electron chi connectivity index (χ3n) is 3.83. The monoisotopic (exact) mass is 350 g/mol. The van der Waals surface area contributed by atoms with Gasteiger partial charge in [0.1, 0.15) is 0 Å². The number of carbonyl (C=O) groups is 2. The number of aryl methyl sites for hydroxylation is 1. The van der Waals surface area contributed by atoms with Gasteiger partial charge < -0.3 is 15.4 Å². The molecule has 132 valence electrons. The van der Waals surface area contributed by atoms with E-state index in [0.717, 1.165) is 5.56 Å². The van der Waals surface area contributed by atoms with Crippen LogP contribution in [-0.4, -0.2) is 28.4 Å². The molecule has 26 heavy (non-hydrogen) atoms. The zero-order chi connectivity index (χ0) is 18.5. The number of nitrogens with one attached hydrogen (secondary N) is 2. The number of H-pyrrole nitrogens is 1. The van der Waals surface area contributed by atoms with Crippen LogP contribution in [0, 0.1) is 6.92 Å². The van der Waals surface area contributed by atoms with E-state index in [0.29, 0.717) is 16.5 Å². The SMILES string of the molecule is Cc1ccc2[nH]c(O)c(N=NC(=O)CCNC(=O)c3ccccc3)c2c1. The van der Waals surface area contributed by atoms with E-state index in [9.17, 15) is 14.7 Å². The van der Waals surface area contributed by atoms with Crippen LogP contribution in [0.25, 0.3) is 10.9 Å². The molecule has 7 heteroatoms. The average molecular weight is 350 g/mol. The summed E-state index contributed by atoms with van der Waals surface area (Å²) in [6.07, 6.45) is 0.0181. The lowest BCUT2D eigenvalue weighted by Gasteiger charge is -2.02. The van der Waals surface area contributed by atoms with Crippen molar-refractivity contribution in [2.75, 3.05) is 6.54 Å². The van der Waals surface area contributed by atoms with Crippen LogP contribution in [0.1, 0.15) is 22.3 Å². The van der Waals surface area contributed by atoms with Gasteiger partial charge in [-0.3, -0.25) is 9.59 Å². The Morgan fingerprint density at radius 2 is 1.92 bits per heavy atom. The molecular formula is C19H18N4O3. The summed E-state index contributed by atoms with van der Waals surface area (Å²) in [6, 6.07) is 14.3. The van der Waals surface area contributed by atoms with Gasteiger partial charge in [-0.15, -0.1) is 10.2 Å². The second kappa shape index (κ2) is 7.60. The summed E-state index contributed by atoms with van der Waals surface area (Å²) < 4.78 is 0. The maximum absolute atomic E-state index is 11.9. The van der Waals surface area contributed by atoms with Gasteiger partial charge in [-0.2, -0.15) is 0 Å². The second-order valence-corrected chi connectivity index (χ2v) is 5.84. The van der Waals surface area contributed by atoms with E-state index in [1.165, 1.54) is 0 Å². The first kappa shape index (κ1) is 17.3. The fourth-order valence-corrected chi connectivity index (χ4v) is 2.51. The number of aromatic hydroxyl groups is 1. The van der Waals surface area contributed by atoms with Gasteiger partial charge in [0, 0.05) is 23.9 Å².